The Morgan fingerprint density at radius 3 is 2.79 bits per heavy atom. The molecule has 4 heterocycles. The third-order valence-electron chi connectivity index (χ3n) is 5.70. The molecule has 2 N–H and O–H groups in total. The fourth-order valence-corrected chi connectivity index (χ4v) is 4.92. The Morgan fingerprint density at radius 1 is 1.24 bits per heavy atom. The Kier molecular flexibility index (Phi) is 7.91. The van der Waals surface area contributed by atoms with Crippen molar-refractivity contribution in [2.45, 2.75) is 39.2 Å². The van der Waals surface area contributed by atoms with Crippen molar-refractivity contribution in [3.8, 4) is 5.88 Å². The number of thiophene rings is 1. The van der Waals surface area contributed by atoms with Gasteiger partial charge in [0, 0.05) is 25.1 Å². The Morgan fingerprint density at radius 2 is 2.03 bits per heavy atom. The number of pyridine rings is 1. The maximum Gasteiger partial charge on any atom is 0.261 e. The second kappa shape index (κ2) is 11.1. The van der Waals surface area contributed by atoms with Crippen LogP contribution in [0.5, 0.6) is 5.88 Å². The lowest BCUT2D eigenvalue weighted by atomic mass is 10.1. The van der Waals surface area contributed by atoms with E-state index in [-0.39, 0.29) is 12.0 Å². The van der Waals surface area contributed by atoms with E-state index < -0.39 is 0 Å². The first-order valence-electron chi connectivity index (χ1n) is 11.6. The molecule has 4 rings (SSSR count). The monoisotopic (exact) mass is 484 g/mol. The molecule has 0 unspecified atom stereocenters. The number of nitrogens with zero attached hydrogens (tertiary/aromatic N) is 4. The molecule has 9 nitrogen and oxygen atoms in total. The Labute approximate surface area is 203 Å². The molecule has 0 aliphatic carbocycles. The van der Waals surface area contributed by atoms with E-state index in [0.29, 0.717) is 36.3 Å². The molecule has 1 saturated heterocycles. The fraction of sp³-hybridized carbons (Fsp3) is 0.500. The number of fused-ring (bicyclic) bond motifs is 1. The minimum Gasteiger partial charge on any atom is -0.473 e. The van der Waals surface area contributed by atoms with Gasteiger partial charge in [-0.1, -0.05) is 0 Å². The van der Waals surface area contributed by atoms with Crippen molar-refractivity contribution in [3.05, 3.63) is 34.6 Å². The van der Waals surface area contributed by atoms with Gasteiger partial charge in [0.25, 0.3) is 5.91 Å². The molecule has 1 fully saturated rings. The number of carbonyl (C=O) groups is 1. The van der Waals surface area contributed by atoms with Crippen molar-refractivity contribution < 1.29 is 14.3 Å². The molecule has 3 aromatic rings. The van der Waals surface area contributed by atoms with Crippen LogP contribution in [0.4, 0.5) is 11.5 Å². The van der Waals surface area contributed by atoms with Crippen molar-refractivity contribution in [3.63, 3.8) is 0 Å². The van der Waals surface area contributed by atoms with E-state index in [1.54, 1.807) is 0 Å². The van der Waals surface area contributed by atoms with Gasteiger partial charge in [0.05, 0.1) is 23.5 Å². The smallest absolute Gasteiger partial charge is 0.261 e. The predicted octanol–water partition coefficient (Wildman–Crippen LogP) is 3.69. The topological polar surface area (TPSA) is 102 Å². The van der Waals surface area contributed by atoms with Crippen molar-refractivity contribution >= 4 is 39.0 Å². The number of aryl methyl sites for hydroxylation is 2. The molecule has 0 bridgehead atoms. The van der Waals surface area contributed by atoms with E-state index in [9.17, 15) is 4.79 Å². The first-order chi connectivity index (χ1) is 16.4. The van der Waals surface area contributed by atoms with E-state index in [1.165, 1.54) is 17.7 Å². The molecule has 182 valence electrons. The summed E-state index contributed by atoms with van der Waals surface area (Å²) in [5.41, 5.74) is 2.47. The van der Waals surface area contributed by atoms with Crippen LogP contribution in [0.15, 0.2) is 18.5 Å². The molecular weight excluding hydrogens is 452 g/mol. The highest BCUT2D eigenvalue weighted by atomic mass is 32.1. The van der Waals surface area contributed by atoms with Gasteiger partial charge in [0.2, 0.25) is 5.88 Å². The summed E-state index contributed by atoms with van der Waals surface area (Å²) in [6.07, 6.45) is 4.15. The molecule has 3 aromatic heterocycles. The predicted molar refractivity (Wildman–Crippen MR) is 134 cm³/mol. The van der Waals surface area contributed by atoms with Crippen LogP contribution in [-0.4, -0.2) is 72.3 Å². The lowest BCUT2D eigenvalue weighted by Crippen LogP contribution is -2.26. The Balaban J connectivity index is 1.56. The summed E-state index contributed by atoms with van der Waals surface area (Å²) >= 11 is 1.38. The summed E-state index contributed by atoms with van der Waals surface area (Å²) in [4.78, 5) is 29.9. The van der Waals surface area contributed by atoms with Crippen LogP contribution in [0.1, 0.15) is 40.2 Å². The Bertz CT molecular complexity index is 1140. The largest absolute Gasteiger partial charge is 0.473 e. The highest BCUT2D eigenvalue weighted by Gasteiger charge is 2.22. The third kappa shape index (κ3) is 5.81. The summed E-state index contributed by atoms with van der Waals surface area (Å²) < 4.78 is 11.7. The van der Waals surface area contributed by atoms with Crippen LogP contribution in [0.25, 0.3) is 10.2 Å². The van der Waals surface area contributed by atoms with Crippen LogP contribution < -0.4 is 15.4 Å². The molecular formula is C24H32N6O3S. The molecule has 1 aliphatic heterocycles. The maximum absolute atomic E-state index is 12.8. The van der Waals surface area contributed by atoms with Gasteiger partial charge in [0.15, 0.2) is 0 Å². The lowest BCUT2D eigenvalue weighted by Gasteiger charge is -2.24. The highest BCUT2D eigenvalue weighted by molar-refractivity contribution is 7.20. The number of nitrogens with one attached hydrogen (secondary N) is 2. The molecule has 0 saturated carbocycles. The zero-order valence-corrected chi connectivity index (χ0v) is 21.0. The standard InChI is InChI=1S/C24H32N6O3S/c1-15-6-7-18(23(28-15)33-17-8-12-32-13-9-17)29-21-19-16(2)20(34-24(19)27-14-26-21)22(31)25-10-5-11-30(3)4/h6-7,14,17H,5,8-13H2,1-4H3,(H,25,31)(H,26,27,29). The number of ether oxygens (including phenoxy) is 2. The second-order valence-corrected chi connectivity index (χ2v) is 9.73. The molecule has 10 heteroatoms. The molecule has 0 spiro atoms. The first kappa shape index (κ1) is 24.3. The van der Waals surface area contributed by atoms with Gasteiger partial charge >= 0.3 is 0 Å². The highest BCUT2D eigenvalue weighted by Crippen LogP contribution is 2.36. The average molecular weight is 485 g/mol. The number of aromatic nitrogens is 3. The molecule has 1 aliphatic rings. The van der Waals surface area contributed by atoms with Crippen LogP contribution in [0.2, 0.25) is 0 Å². The number of carbonyl (C=O) groups excluding carboxylic acids is 1. The summed E-state index contributed by atoms with van der Waals surface area (Å²) in [5, 5.41) is 7.25. The van der Waals surface area contributed by atoms with Gasteiger partial charge in [-0.05, 0) is 58.6 Å². The van der Waals surface area contributed by atoms with E-state index in [2.05, 4.69) is 30.5 Å². The van der Waals surface area contributed by atoms with Crippen LogP contribution in [0.3, 0.4) is 0 Å². The fourth-order valence-electron chi connectivity index (χ4n) is 3.86. The first-order valence-corrected chi connectivity index (χ1v) is 12.4. The second-order valence-electron chi connectivity index (χ2n) is 8.73. The Hall–Kier alpha value is -2.82. The summed E-state index contributed by atoms with van der Waals surface area (Å²) in [6, 6.07) is 3.88. The van der Waals surface area contributed by atoms with Crippen molar-refractivity contribution in [1.29, 1.82) is 0 Å². The minimum absolute atomic E-state index is 0.0692. The summed E-state index contributed by atoms with van der Waals surface area (Å²) in [7, 11) is 4.05. The number of anilines is 2. The van der Waals surface area contributed by atoms with Gasteiger partial charge in [-0.3, -0.25) is 4.79 Å². The van der Waals surface area contributed by atoms with Gasteiger partial charge in [-0.15, -0.1) is 11.3 Å². The normalized spacial score (nSPS) is 14.5. The van der Waals surface area contributed by atoms with Gasteiger partial charge in [-0.2, -0.15) is 0 Å². The summed E-state index contributed by atoms with van der Waals surface area (Å²) in [5.74, 6) is 1.10. The number of hydrogen-bond donors (Lipinski definition) is 2. The van der Waals surface area contributed by atoms with Gasteiger partial charge < -0.3 is 25.0 Å². The molecule has 1 amide bonds. The molecule has 0 atom stereocenters. The van der Waals surface area contributed by atoms with E-state index in [4.69, 9.17) is 9.47 Å². The minimum atomic E-state index is -0.0780. The maximum atomic E-state index is 12.8. The quantitative estimate of drug-likeness (QED) is 0.444. The third-order valence-corrected chi connectivity index (χ3v) is 6.90. The van der Waals surface area contributed by atoms with Crippen molar-refractivity contribution in [1.82, 2.24) is 25.2 Å². The SMILES string of the molecule is Cc1ccc(Nc2ncnc3sc(C(=O)NCCCN(C)C)c(C)c23)c(OC2CCOCC2)n1. The lowest BCUT2D eigenvalue weighted by molar-refractivity contribution is 0.0240. The molecule has 0 aromatic carbocycles. The zero-order valence-electron chi connectivity index (χ0n) is 20.2. The van der Waals surface area contributed by atoms with Gasteiger partial charge in [0.1, 0.15) is 28.8 Å². The zero-order chi connectivity index (χ0) is 24.1. The van der Waals surface area contributed by atoms with E-state index >= 15 is 0 Å². The van der Waals surface area contributed by atoms with Crippen molar-refractivity contribution in [2.75, 3.05) is 45.7 Å². The summed E-state index contributed by atoms with van der Waals surface area (Å²) in [6.45, 7) is 6.82. The van der Waals surface area contributed by atoms with E-state index in [0.717, 1.165) is 53.0 Å². The average Bonchev–Trinajstić information content (AvgIpc) is 3.16. The number of rotatable bonds is 9. The van der Waals surface area contributed by atoms with E-state index in [1.807, 2.05) is 40.1 Å². The number of hydrogen-bond acceptors (Lipinski definition) is 9. The van der Waals surface area contributed by atoms with Gasteiger partial charge in [-0.25, -0.2) is 15.0 Å². The molecule has 0 radical (unpaired) electrons. The van der Waals surface area contributed by atoms with Crippen molar-refractivity contribution in [2.24, 2.45) is 0 Å². The van der Waals surface area contributed by atoms with Crippen LogP contribution >= 0.6 is 11.3 Å². The molecule has 34 heavy (non-hydrogen) atoms. The van der Waals surface area contributed by atoms with Crippen LogP contribution in [-0.2, 0) is 4.74 Å². The van der Waals surface area contributed by atoms with Crippen LogP contribution in [0, 0.1) is 13.8 Å². The number of amides is 1.